The molecule has 0 bridgehead atoms. The Labute approximate surface area is 78.4 Å². The topological polar surface area (TPSA) is 66.0 Å². The lowest BCUT2D eigenvalue weighted by Gasteiger charge is -1.93. The number of hydrogen-bond donors (Lipinski definition) is 2. The molecular weight excluding hydrogens is 187 g/mol. The molecule has 1 aromatic carbocycles. The molecule has 0 amide bonds. The van der Waals surface area contributed by atoms with Crippen molar-refractivity contribution < 1.29 is 14.3 Å². The summed E-state index contributed by atoms with van der Waals surface area (Å²) in [5.41, 5.74) is 1.51. The van der Waals surface area contributed by atoms with Gasteiger partial charge in [-0.2, -0.15) is 0 Å². The maximum atomic E-state index is 12.9. The van der Waals surface area contributed by atoms with Crippen molar-refractivity contribution in [2.45, 2.75) is 6.92 Å². The lowest BCUT2D eigenvalue weighted by Crippen LogP contribution is -1.97. The molecule has 72 valence electrons. The number of hydrogen-bond acceptors (Lipinski definition) is 2. The Hall–Kier alpha value is -1.91. The fourth-order valence-corrected chi connectivity index (χ4v) is 1.35. The molecule has 1 heterocycles. The van der Waals surface area contributed by atoms with Crippen molar-refractivity contribution in [3.05, 3.63) is 29.3 Å². The fourth-order valence-electron chi connectivity index (χ4n) is 1.35. The number of aromatic nitrogens is 2. The zero-order valence-electron chi connectivity index (χ0n) is 7.34. The van der Waals surface area contributed by atoms with E-state index in [1.165, 1.54) is 12.1 Å². The normalized spacial score (nSPS) is 10.7. The Bertz CT molecular complexity index is 519. The fraction of sp³-hybridized carbons (Fsp3) is 0.111. The molecule has 0 saturated carbocycles. The van der Waals surface area contributed by atoms with Gasteiger partial charge in [0.05, 0.1) is 11.0 Å². The number of carboxylic acid groups (broad SMARTS) is 1. The van der Waals surface area contributed by atoms with Gasteiger partial charge in [-0.3, -0.25) is 0 Å². The Morgan fingerprint density at radius 2 is 2.29 bits per heavy atom. The van der Waals surface area contributed by atoms with Gasteiger partial charge in [-0.1, -0.05) is 0 Å². The Kier molecular flexibility index (Phi) is 1.73. The lowest BCUT2D eigenvalue weighted by molar-refractivity contribution is 0.0685. The number of aromatic carboxylic acids is 1. The van der Waals surface area contributed by atoms with Crippen LogP contribution in [0.1, 0.15) is 16.2 Å². The summed E-state index contributed by atoms with van der Waals surface area (Å²) in [4.78, 5) is 16.9. The third-order valence-electron chi connectivity index (χ3n) is 1.94. The molecule has 2 rings (SSSR count). The number of aryl methyl sites for hydroxylation is 1. The maximum Gasteiger partial charge on any atom is 0.371 e. The van der Waals surface area contributed by atoms with Crippen LogP contribution >= 0.6 is 0 Å². The van der Waals surface area contributed by atoms with Gasteiger partial charge in [0, 0.05) is 0 Å². The van der Waals surface area contributed by atoms with Crippen molar-refractivity contribution in [1.29, 1.82) is 0 Å². The number of halogens is 1. The molecule has 2 N–H and O–H groups in total. The zero-order chi connectivity index (χ0) is 10.3. The second kappa shape index (κ2) is 2.80. The average molecular weight is 194 g/mol. The van der Waals surface area contributed by atoms with Gasteiger partial charge in [0.2, 0.25) is 5.82 Å². The second-order valence-electron chi connectivity index (χ2n) is 3.01. The van der Waals surface area contributed by atoms with E-state index in [0.717, 1.165) is 0 Å². The van der Waals surface area contributed by atoms with Crippen molar-refractivity contribution >= 4 is 17.0 Å². The molecule has 0 spiro atoms. The number of benzene rings is 1. The van der Waals surface area contributed by atoms with Crippen LogP contribution in [-0.2, 0) is 0 Å². The van der Waals surface area contributed by atoms with E-state index in [9.17, 15) is 9.18 Å². The number of H-pyrrole nitrogens is 1. The summed E-state index contributed by atoms with van der Waals surface area (Å²) in [5, 5.41) is 8.66. The van der Waals surface area contributed by atoms with E-state index >= 15 is 0 Å². The minimum Gasteiger partial charge on any atom is -0.475 e. The van der Waals surface area contributed by atoms with Crippen LogP contribution in [0.25, 0.3) is 11.0 Å². The number of carbonyl (C=O) groups is 1. The average Bonchev–Trinajstić information content (AvgIpc) is 2.47. The van der Waals surface area contributed by atoms with Gasteiger partial charge in [0.25, 0.3) is 0 Å². The van der Waals surface area contributed by atoms with Gasteiger partial charge in [0.1, 0.15) is 5.82 Å². The summed E-state index contributed by atoms with van der Waals surface area (Å²) in [5.74, 6) is -1.73. The maximum absolute atomic E-state index is 12.9. The van der Waals surface area contributed by atoms with E-state index in [4.69, 9.17) is 5.11 Å². The number of nitrogens with one attached hydrogen (secondary N) is 1. The second-order valence-corrected chi connectivity index (χ2v) is 3.01. The summed E-state index contributed by atoms with van der Waals surface area (Å²) in [6.45, 7) is 1.68. The van der Waals surface area contributed by atoms with E-state index in [1.807, 2.05) is 0 Å². The van der Waals surface area contributed by atoms with Crippen LogP contribution in [0.5, 0.6) is 0 Å². The monoisotopic (exact) mass is 194 g/mol. The van der Waals surface area contributed by atoms with Crippen molar-refractivity contribution in [3.8, 4) is 0 Å². The molecule has 0 aliphatic carbocycles. The predicted molar refractivity (Wildman–Crippen MR) is 47.7 cm³/mol. The highest BCUT2D eigenvalue weighted by Crippen LogP contribution is 2.17. The summed E-state index contributed by atoms with van der Waals surface area (Å²) in [6.07, 6.45) is 0. The van der Waals surface area contributed by atoms with Gasteiger partial charge in [-0.15, -0.1) is 0 Å². The molecule has 4 nitrogen and oxygen atoms in total. The largest absolute Gasteiger partial charge is 0.475 e. The first-order chi connectivity index (χ1) is 6.58. The van der Waals surface area contributed by atoms with Crippen LogP contribution in [0.4, 0.5) is 4.39 Å². The predicted octanol–water partition coefficient (Wildman–Crippen LogP) is 1.71. The van der Waals surface area contributed by atoms with Crippen LogP contribution in [0.15, 0.2) is 12.1 Å². The van der Waals surface area contributed by atoms with E-state index in [1.54, 1.807) is 6.92 Å². The van der Waals surface area contributed by atoms with Crippen LogP contribution < -0.4 is 0 Å². The number of imidazole rings is 1. The molecule has 0 aliphatic rings. The van der Waals surface area contributed by atoms with Crippen molar-refractivity contribution in [1.82, 2.24) is 9.97 Å². The van der Waals surface area contributed by atoms with E-state index in [-0.39, 0.29) is 5.82 Å². The van der Waals surface area contributed by atoms with Gasteiger partial charge in [0.15, 0.2) is 0 Å². The van der Waals surface area contributed by atoms with Gasteiger partial charge >= 0.3 is 5.97 Å². The highest BCUT2D eigenvalue weighted by atomic mass is 19.1. The van der Waals surface area contributed by atoms with Gasteiger partial charge in [-0.05, 0) is 24.6 Å². The van der Waals surface area contributed by atoms with Crippen LogP contribution in [0.2, 0.25) is 0 Å². The molecule has 0 radical (unpaired) electrons. The molecule has 0 saturated heterocycles. The first-order valence-electron chi connectivity index (χ1n) is 3.97. The molecule has 0 unspecified atom stereocenters. The van der Waals surface area contributed by atoms with Gasteiger partial charge < -0.3 is 10.1 Å². The van der Waals surface area contributed by atoms with Crippen molar-refractivity contribution in [2.75, 3.05) is 0 Å². The molecule has 14 heavy (non-hydrogen) atoms. The van der Waals surface area contributed by atoms with Gasteiger partial charge in [-0.25, -0.2) is 14.2 Å². The lowest BCUT2D eigenvalue weighted by atomic mass is 10.2. The first-order valence-corrected chi connectivity index (χ1v) is 3.97. The minimum atomic E-state index is -1.15. The summed E-state index contributed by atoms with van der Waals surface area (Å²) >= 11 is 0. The van der Waals surface area contributed by atoms with Crippen LogP contribution in [0, 0.1) is 12.7 Å². The van der Waals surface area contributed by atoms with Crippen molar-refractivity contribution in [2.24, 2.45) is 0 Å². The SMILES string of the molecule is Cc1cc(F)cc2[nH]c(C(=O)O)nc12. The molecule has 0 atom stereocenters. The molecule has 0 fully saturated rings. The zero-order valence-corrected chi connectivity index (χ0v) is 7.34. The van der Waals surface area contributed by atoms with Crippen LogP contribution in [0.3, 0.4) is 0 Å². The molecule has 2 aromatic rings. The quantitative estimate of drug-likeness (QED) is 0.726. The number of carboxylic acids is 1. The van der Waals surface area contributed by atoms with E-state index < -0.39 is 11.8 Å². The van der Waals surface area contributed by atoms with E-state index in [0.29, 0.717) is 16.6 Å². The Balaban J connectivity index is 2.76. The number of rotatable bonds is 1. The number of fused-ring (bicyclic) bond motifs is 1. The number of aromatic amines is 1. The summed E-state index contributed by atoms with van der Waals surface area (Å²) < 4.78 is 12.9. The Morgan fingerprint density at radius 1 is 1.57 bits per heavy atom. The highest BCUT2D eigenvalue weighted by Gasteiger charge is 2.11. The third-order valence-corrected chi connectivity index (χ3v) is 1.94. The summed E-state index contributed by atoms with van der Waals surface area (Å²) in [7, 11) is 0. The third kappa shape index (κ3) is 1.22. The molecule has 0 aliphatic heterocycles. The summed E-state index contributed by atoms with van der Waals surface area (Å²) in [6, 6.07) is 2.54. The smallest absolute Gasteiger partial charge is 0.371 e. The molecule has 5 heteroatoms. The van der Waals surface area contributed by atoms with Crippen molar-refractivity contribution in [3.63, 3.8) is 0 Å². The highest BCUT2D eigenvalue weighted by molar-refractivity contribution is 5.89. The molecule has 1 aromatic heterocycles. The molecular formula is C9H7FN2O2. The van der Waals surface area contributed by atoms with Crippen LogP contribution in [-0.4, -0.2) is 21.0 Å². The first kappa shape index (κ1) is 8.68. The van der Waals surface area contributed by atoms with E-state index in [2.05, 4.69) is 9.97 Å². The minimum absolute atomic E-state index is 0.172. The number of nitrogens with zero attached hydrogens (tertiary/aromatic N) is 1. The standard InChI is InChI=1S/C9H7FN2O2/c1-4-2-5(10)3-6-7(4)12-8(11-6)9(13)14/h2-3H,1H3,(H,11,12)(H,13,14). The Morgan fingerprint density at radius 3 is 2.93 bits per heavy atom.